The van der Waals surface area contributed by atoms with Gasteiger partial charge in [0.1, 0.15) is 6.10 Å². The molecule has 1 unspecified atom stereocenters. The number of hydrogen-bond donors (Lipinski definition) is 1. The number of terminal acetylenes is 1. The molecule has 0 bridgehead atoms. The third kappa shape index (κ3) is 12.5. The lowest BCUT2D eigenvalue weighted by molar-refractivity contribution is 0.243. The van der Waals surface area contributed by atoms with Crippen molar-refractivity contribution >= 4 is 29.5 Å². The smallest absolute Gasteiger partial charge is 0.101 e. The number of benzene rings is 1. The van der Waals surface area contributed by atoms with Gasteiger partial charge in [0.05, 0.1) is 0 Å². The molecule has 294 valence electrons. The Balaban J connectivity index is 0.00000495. The Morgan fingerprint density at radius 1 is 0.833 bits per heavy atom. The molecule has 1 nitrogen and oxygen atoms in total. The van der Waals surface area contributed by atoms with E-state index in [1.54, 1.807) is 0 Å². The number of fused-ring (bicyclic) bond motifs is 1. The van der Waals surface area contributed by atoms with Gasteiger partial charge < -0.3 is 5.11 Å². The fourth-order valence-electron chi connectivity index (χ4n) is 8.24. The molecule has 0 aliphatic heterocycles. The molecule has 1 aromatic rings. The summed E-state index contributed by atoms with van der Waals surface area (Å²) in [5.41, 5.74) is 16.2. The van der Waals surface area contributed by atoms with E-state index in [1.807, 2.05) is 6.08 Å². The van der Waals surface area contributed by atoms with Crippen molar-refractivity contribution in [2.24, 2.45) is 0 Å². The van der Waals surface area contributed by atoms with Gasteiger partial charge in [0.25, 0.3) is 0 Å². The summed E-state index contributed by atoms with van der Waals surface area (Å²) in [5.74, 6) is 0. The minimum atomic E-state index is -0.611. The number of unbranched alkanes of at least 4 members (excludes halogenated alkanes) is 12. The predicted octanol–water partition coefficient (Wildman–Crippen LogP) is 12.5. The summed E-state index contributed by atoms with van der Waals surface area (Å²) < 4.78 is 0. The van der Waals surface area contributed by atoms with E-state index in [0.29, 0.717) is 0 Å². The molecule has 0 fully saturated rings. The van der Waals surface area contributed by atoms with Crippen LogP contribution in [0.25, 0.3) is 29.5 Å². The Morgan fingerprint density at radius 3 is 2.06 bits per heavy atom. The first-order chi connectivity index (χ1) is 26.2. The molecule has 0 heterocycles. The first-order valence-corrected chi connectivity index (χ1v) is 21.5. The fourth-order valence-corrected chi connectivity index (χ4v) is 8.24. The van der Waals surface area contributed by atoms with E-state index in [2.05, 4.69) is 124 Å². The fraction of sp³-hybridized carbons (Fsp3) is 0.528. The summed E-state index contributed by atoms with van der Waals surface area (Å²) >= 11 is 0. The van der Waals surface area contributed by atoms with Crippen LogP contribution in [0.5, 0.6) is 0 Å². The van der Waals surface area contributed by atoms with Crippen molar-refractivity contribution in [2.45, 2.75) is 184 Å². The molecular formula is C53H76O. The zero-order valence-corrected chi connectivity index (χ0v) is 36.2. The van der Waals surface area contributed by atoms with Crippen LogP contribution in [0.1, 0.15) is 182 Å². The second kappa shape index (κ2) is 25.5. The Labute approximate surface area is 332 Å². The number of allylic oxidation sites excluding steroid dienone is 9. The molecule has 1 N–H and O–H groups in total. The van der Waals surface area contributed by atoms with Gasteiger partial charge in [0.15, 0.2) is 0 Å². The molecule has 3 rings (SSSR count). The van der Waals surface area contributed by atoms with E-state index in [1.165, 1.54) is 138 Å². The van der Waals surface area contributed by atoms with Crippen LogP contribution in [-0.2, 0) is 0 Å². The normalized spacial score (nSPS) is 17.2. The number of hydrogen-bond acceptors (Lipinski definition) is 1. The van der Waals surface area contributed by atoms with Crippen LogP contribution in [0, 0.1) is 19.8 Å². The predicted molar refractivity (Wildman–Crippen MR) is 243 cm³/mol. The topological polar surface area (TPSA) is 20.2 Å². The van der Waals surface area contributed by atoms with Crippen LogP contribution in [0.3, 0.4) is 0 Å². The van der Waals surface area contributed by atoms with Crippen molar-refractivity contribution < 1.29 is 5.11 Å². The van der Waals surface area contributed by atoms with E-state index < -0.39 is 6.10 Å². The van der Waals surface area contributed by atoms with Gasteiger partial charge >= 0.3 is 0 Å². The van der Waals surface area contributed by atoms with Gasteiger partial charge in [-0.3, -0.25) is 0 Å². The first-order valence-electron chi connectivity index (χ1n) is 21.5. The van der Waals surface area contributed by atoms with Crippen molar-refractivity contribution in [3.63, 3.8) is 0 Å². The standard InChI is InChI=1S/C51H74O.C2H2/c1-11-15-18-20-22-23-24-26-28-35-44-41(9)40(8)43-36-30-29-33-38(6)47(43)50(44)48-42(10)45(34-17-13-3)51(52)49(46(48)31-14-4)39(7)37(5)32-27-25-21-19-16-12-2;1-2/h13,17,28-30,33,35,51-52H,8,11-12,14-16,18-27,31-32,34H2,1-7,9-10H3;1-2H/b17-13?,35-28-,39-37?,50-48-;. The van der Waals surface area contributed by atoms with E-state index in [0.717, 1.165) is 53.7 Å². The third-order valence-corrected chi connectivity index (χ3v) is 11.6. The van der Waals surface area contributed by atoms with Crippen LogP contribution in [0.2, 0.25) is 0 Å². The maximum absolute atomic E-state index is 12.4. The summed E-state index contributed by atoms with van der Waals surface area (Å²) in [4.78, 5) is 0. The first kappa shape index (κ1) is 46.6. The molecule has 1 atom stereocenters. The van der Waals surface area contributed by atoms with Crippen molar-refractivity contribution in [3.05, 3.63) is 102 Å². The van der Waals surface area contributed by atoms with E-state index >= 15 is 0 Å². The molecule has 0 saturated carbocycles. The third-order valence-electron chi connectivity index (χ3n) is 11.6. The molecule has 2 aliphatic rings. The SMILES string of the molecule is C#C.C=c1c(C)c(/C=C\CCCCCCCCC)/c(=C2\C(C)=C(CC=CC)C(O)C(C(C)=C(C)CCCCCCCC)=C2CCC)c2c1=C=CC=CC=2C. The highest BCUT2D eigenvalue weighted by Gasteiger charge is 2.32. The zero-order chi connectivity index (χ0) is 40.0. The average molecular weight is 729 g/mol. The summed E-state index contributed by atoms with van der Waals surface area (Å²) in [5, 5.41) is 17.1. The monoisotopic (exact) mass is 729 g/mol. The molecule has 0 saturated heterocycles. The van der Waals surface area contributed by atoms with Crippen molar-refractivity contribution in [1.29, 1.82) is 0 Å². The second-order valence-corrected chi connectivity index (χ2v) is 15.6. The molecule has 0 amide bonds. The summed E-state index contributed by atoms with van der Waals surface area (Å²) in [6.07, 6.45) is 44.8. The van der Waals surface area contributed by atoms with Gasteiger partial charge in [-0.25, -0.2) is 0 Å². The molecule has 1 aromatic carbocycles. The second-order valence-electron chi connectivity index (χ2n) is 15.6. The Morgan fingerprint density at radius 2 is 1.44 bits per heavy atom. The van der Waals surface area contributed by atoms with E-state index in [9.17, 15) is 5.11 Å². The number of rotatable bonds is 21. The van der Waals surface area contributed by atoms with Gasteiger partial charge in [0.2, 0.25) is 0 Å². The molecule has 54 heavy (non-hydrogen) atoms. The van der Waals surface area contributed by atoms with Crippen LogP contribution in [-0.4, -0.2) is 11.2 Å². The van der Waals surface area contributed by atoms with Crippen molar-refractivity contribution in [2.75, 3.05) is 0 Å². The average Bonchev–Trinajstić information content (AvgIpc) is 3.36. The van der Waals surface area contributed by atoms with Gasteiger partial charge in [-0.2, -0.15) is 0 Å². The molecule has 0 spiro atoms. The minimum Gasteiger partial charge on any atom is -0.384 e. The van der Waals surface area contributed by atoms with Crippen LogP contribution < -0.4 is 20.9 Å². The number of aliphatic hydroxyl groups is 1. The van der Waals surface area contributed by atoms with Crippen molar-refractivity contribution in [3.8, 4) is 12.8 Å². The maximum atomic E-state index is 12.4. The largest absolute Gasteiger partial charge is 0.384 e. The minimum absolute atomic E-state index is 0.611. The lowest BCUT2D eigenvalue weighted by Gasteiger charge is -2.33. The molecule has 1 heteroatoms. The summed E-state index contributed by atoms with van der Waals surface area (Å²) in [6.45, 7) is 25.0. The molecule has 2 aliphatic carbocycles. The Bertz CT molecular complexity index is 1870. The Kier molecular flexibility index (Phi) is 22.0. The highest BCUT2D eigenvalue weighted by Crippen LogP contribution is 2.42. The van der Waals surface area contributed by atoms with Gasteiger partial charge in [-0.15, -0.1) is 18.6 Å². The van der Waals surface area contributed by atoms with Gasteiger partial charge in [0, 0.05) is 10.4 Å². The van der Waals surface area contributed by atoms with Gasteiger partial charge in [-0.1, -0.05) is 146 Å². The zero-order valence-electron chi connectivity index (χ0n) is 36.2. The van der Waals surface area contributed by atoms with E-state index in [4.69, 9.17) is 0 Å². The van der Waals surface area contributed by atoms with Crippen LogP contribution >= 0.6 is 0 Å². The highest BCUT2D eigenvalue weighted by atomic mass is 16.3. The van der Waals surface area contributed by atoms with E-state index in [-0.39, 0.29) is 0 Å². The maximum Gasteiger partial charge on any atom is 0.101 e. The van der Waals surface area contributed by atoms with Crippen LogP contribution in [0.15, 0.2) is 69.9 Å². The number of aliphatic hydroxyl groups excluding tert-OH is 1. The lowest BCUT2D eigenvalue weighted by atomic mass is 9.73. The summed E-state index contributed by atoms with van der Waals surface area (Å²) in [6, 6.07) is 0. The quantitative estimate of drug-likeness (QED) is 0.0759. The molecular weight excluding hydrogens is 653 g/mol. The van der Waals surface area contributed by atoms with Crippen LogP contribution in [0.4, 0.5) is 0 Å². The summed E-state index contributed by atoms with van der Waals surface area (Å²) in [7, 11) is 0. The van der Waals surface area contributed by atoms with Crippen molar-refractivity contribution in [1.82, 2.24) is 0 Å². The highest BCUT2D eigenvalue weighted by molar-refractivity contribution is 5.86. The molecule has 0 radical (unpaired) electrons. The lowest BCUT2D eigenvalue weighted by Crippen LogP contribution is -2.52. The Hall–Kier alpha value is -3.56. The van der Waals surface area contributed by atoms with Gasteiger partial charge in [-0.05, 0) is 147 Å². The molecule has 0 aromatic heterocycles.